The van der Waals surface area contributed by atoms with E-state index < -0.39 is 11.2 Å². The molecule has 0 saturated carbocycles. The number of Topliss-reactive ketones (excluding diaryl/α,β-unsaturated/α-hetero) is 1. The third-order valence-corrected chi connectivity index (χ3v) is 6.19. The first-order valence-corrected chi connectivity index (χ1v) is 10.7. The van der Waals surface area contributed by atoms with Gasteiger partial charge in [0.25, 0.3) is 5.56 Å². The molecule has 1 unspecified atom stereocenters. The average Bonchev–Trinajstić information content (AvgIpc) is 3.36. The number of rotatable bonds is 3. The van der Waals surface area contributed by atoms with Crippen molar-refractivity contribution in [1.82, 2.24) is 14.5 Å². The van der Waals surface area contributed by atoms with Crippen molar-refractivity contribution in [3.63, 3.8) is 0 Å². The van der Waals surface area contributed by atoms with Crippen molar-refractivity contribution in [3.8, 4) is 11.5 Å². The summed E-state index contributed by atoms with van der Waals surface area (Å²) in [5.74, 6) is 1.68. The van der Waals surface area contributed by atoms with Crippen LogP contribution in [0.4, 0.5) is 0 Å². The number of aromatic nitrogens is 3. The van der Waals surface area contributed by atoms with Crippen LogP contribution in [0.2, 0.25) is 0 Å². The molecule has 0 fully saturated rings. The topological polar surface area (TPSA) is 116 Å². The molecule has 1 N–H and O–H groups in total. The number of pyridine rings is 1. The Morgan fingerprint density at radius 3 is 2.73 bits per heavy atom. The minimum absolute atomic E-state index is 0.101. The molecule has 0 radical (unpaired) electrons. The predicted molar refractivity (Wildman–Crippen MR) is 117 cm³/mol. The number of H-pyrrole nitrogens is 1. The molecule has 4 aromatic rings. The van der Waals surface area contributed by atoms with Gasteiger partial charge in [-0.3, -0.25) is 19.1 Å². The van der Waals surface area contributed by atoms with E-state index in [0.29, 0.717) is 48.0 Å². The van der Waals surface area contributed by atoms with E-state index in [2.05, 4.69) is 9.97 Å². The highest BCUT2D eigenvalue weighted by Crippen LogP contribution is 2.35. The van der Waals surface area contributed by atoms with Crippen LogP contribution in [0.15, 0.2) is 56.8 Å². The Kier molecular flexibility index (Phi) is 4.42. The van der Waals surface area contributed by atoms with Gasteiger partial charge < -0.3 is 13.9 Å². The lowest BCUT2D eigenvalue weighted by Gasteiger charge is -2.23. The number of furan rings is 1. The quantitative estimate of drug-likeness (QED) is 0.515. The van der Waals surface area contributed by atoms with Crippen LogP contribution >= 0.6 is 0 Å². The van der Waals surface area contributed by atoms with Gasteiger partial charge in [0.05, 0.1) is 18.2 Å². The summed E-state index contributed by atoms with van der Waals surface area (Å²) in [4.78, 5) is 45.3. The first-order chi connectivity index (χ1) is 16.1. The fourth-order valence-corrected chi connectivity index (χ4v) is 4.65. The van der Waals surface area contributed by atoms with E-state index in [9.17, 15) is 14.4 Å². The Balaban J connectivity index is 1.48. The molecule has 0 amide bonds. The number of ether oxygens (including phenoxy) is 2. The number of nitrogens with zero attached hydrogens (tertiary/aromatic N) is 2. The molecule has 1 aliphatic carbocycles. The largest absolute Gasteiger partial charge is 0.486 e. The van der Waals surface area contributed by atoms with E-state index in [1.807, 2.05) is 18.2 Å². The van der Waals surface area contributed by atoms with Crippen molar-refractivity contribution in [2.24, 2.45) is 0 Å². The summed E-state index contributed by atoms with van der Waals surface area (Å²) in [6, 6.07) is 9.05. The summed E-state index contributed by atoms with van der Waals surface area (Å²) in [5, 5.41) is 0.259. The molecular weight excluding hydrogens is 426 g/mol. The summed E-state index contributed by atoms with van der Waals surface area (Å²) < 4.78 is 18.1. The molecule has 9 heteroatoms. The maximum Gasteiger partial charge on any atom is 0.330 e. The van der Waals surface area contributed by atoms with Crippen LogP contribution in [0.3, 0.4) is 0 Å². The molecule has 1 aromatic carbocycles. The van der Waals surface area contributed by atoms with Crippen LogP contribution in [0.25, 0.3) is 11.0 Å². The number of carbonyl (C=O) groups excluding carboxylic acids is 1. The monoisotopic (exact) mass is 445 g/mol. The van der Waals surface area contributed by atoms with Gasteiger partial charge in [-0.15, -0.1) is 0 Å². The van der Waals surface area contributed by atoms with Crippen molar-refractivity contribution in [2.75, 3.05) is 13.2 Å². The van der Waals surface area contributed by atoms with Crippen molar-refractivity contribution >= 4 is 16.8 Å². The number of nitrogens with one attached hydrogen (secondary N) is 1. The number of ketones is 1. The Labute approximate surface area is 186 Å². The number of carbonyl (C=O) groups is 1. The van der Waals surface area contributed by atoms with E-state index in [1.165, 1.54) is 10.8 Å². The molecule has 2 aliphatic rings. The summed E-state index contributed by atoms with van der Waals surface area (Å²) in [7, 11) is 0. The third kappa shape index (κ3) is 3.24. The highest BCUT2D eigenvalue weighted by Gasteiger charge is 2.31. The first-order valence-electron chi connectivity index (χ1n) is 10.7. The molecular formula is C24H19N3O6. The molecule has 1 atom stereocenters. The fraction of sp³-hybridized carbons (Fsp3) is 0.250. The minimum atomic E-state index is -0.570. The van der Waals surface area contributed by atoms with Crippen molar-refractivity contribution in [2.45, 2.75) is 25.3 Å². The normalized spacial score (nSPS) is 17.2. The molecule has 4 heterocycles. The van der Waals surface area contributed by atoms with Crippen LogP contribution in [0.5, 0.6) is 11.5 Å². The average molecular weight is 445 g/mol. The zero-order valence-corrected chi connectivity index (χ0v) is 17.5. The van der Waals surface area contributed by atoms with Gasteiger partial charge >= 0.3 is 5.69 Å². The number of hydrogen-bond donors (Lipinski definition) is 1. The van der Waals surface area contributed by atoms with E-state index in [0.717, 1.165) is 5.56 Å². The number of hydrogen-bond acceptors (Lipinski definition) is 7. The van der Waals surface area contributed by atoms with Crippen molar-refractivity contribution in [1.29, 1.82) is 0 Å². The van der Waals surface area contributed by atoms with Gasteiger partial charge in [-0.05, 0) is 41.8 Å². The summed E-state index contributed by atoms with van der Waals surface area (Å²) in [5.41, 5.74) is 0.921. The van der Waals surface area contributed by atoms with E-state index in [-0.39, 0.29) is 35.7 Å². The van der Waals surface area contributed by atoms with Gasteiger partial charge in [-0.2, -0.15) is 0 Å². The maximum absolute atomic E-state index is 12.9. The van der Waals surface area contributed by atoms with Crippen LogP contribution in [-0.4, -0.2) is 33.5 Å². The van der Waals surface area contributed by atoms with Crippen LogP contribution < -0.4 is 20.7 Å². The SMILES string of the molecule is O=C1CC(c2ccco2)Cc2c1cnc1c2c(=O)[nH]c(=O)n1Cc1ccc2c(c1)OCCO2. The highest BCUT2D eigenvalue weighted by molar-refractivity contribution is 6.02. The first kappa shape index (κ1) is 19.5. The molecule has 166 valence electrons. The smallest absolute Gasteiger partial charge is 0.330 e. The maximum atomic E-state index is 12.9. The minimum Gasteiger partial charge on any atom is -0.486 e. The molecule has 0 bridgehead atoms. The third-order valence-electron chi connectivity index (χ3n) is 6.19. The van der Waals surface area contributed by atoms with E-state index in [1.54, 1.807) is 18.4 Å². The van der Waals surface area contributed by atoms with Crippen LogP contribution in [0.1, 0.15) is 39.6 Å². The second-order valence-corrected chi connectivity index (χ2v) is 8.22. The van der Waals surface area contributed by atoms with Gasteiger partial charge in [0.1, 0.15) is 24.6 Å². The standard InChI is InChI=1S/C24H19N3O6/c28-17-10-14(18-2-1-5-31-18)9-15-16(17)11-25-22-21(15)23(29)26-24(30)27(22)12-13-3-4-19-20(8-13)33-7-6-32-19/h1-5,8,11,14H,6-7,9-10,12H2,(H,26,29,30). The lowest BCUT2D eigenvalue weighted by Crippen LogP contribution is -2.33. The zero-order chi connectivity index (χ0) is 22.5. The lowest BCUT2D eigenvalue weighted by molar-refractivity contribution is 0.0960. The summed E-state index contributed by atoms with van der Waals surface area (Å²) >= 11 is 0. The highest BCUT2D eigenvalue weighted by atomic mass is 16.6. The van der Waals surface area contributed by atoms with Gasteiger partial charge in [-0.1, -0.05) is 6.07 Å². The summed E-state index contributed by atoms with van der Waals surface area (Å²) in [6.45, 7) is 1.11. The lowest BCUT2D eigenvalue weighted by atomic mass is 9.81. The van der Waals surface area contributed by atoms with E-state index in [4.69, 9.17) is 13.9 Å². The number of benzene rings is 1. The second-order valence-electron chi connectivity index (χ2n) is 8.22. The summed E-state index contributed by atoms with van der Waals surface area (Å²) in [6.07, 6.45) is 3.76. The molecule has 0 saturated heterocycles. The molecule has 0 spiro atoms. The molecule has 33 heavy (non-hydrogen) atoms. The number of aromatic amines is 1. The van der Waals surface area contributed by atoms with Crippen molar-refractivity contribution < 1.29 is 18.7 Å². The van der Waals surface area contributed by atoms with Gasteiger partial charge in [0.15, 0.2) is 17.3 Å². The molecule has 6 rings (SSSR count). The van der Waals surface area contributed by atoms with E-state index >= 15 is 0 Å². The van der Waals surface area contributed by atoms with Crippen molar-refractivity contribution in [3.05, 3.63) is 86.1 Å². The Morgan fingerprint density at radius 2 is 1.91 bits per heavy atom. The Bertz CT molecular complexity index is 1520. The Hall–Kier alpha value is -4.14. The molecule has 3 aromatic heterocycles. The van der Waals surface area contributed by atoms with Gasteiger partial charge in [0.2, 0.25) is 0 Å². The molecule has 1 aliphatic heterocycles. The molecule has 9 nitrogen and oxygen atoms in total. The second kappa shape index (κ2) is 7.47. The zero-order valence-electron chi connectivity index (χ0n) is 17.5. The van der Waals surface area contributed by atoms with Crippen LogP contribution in [0, 0.1) is 0 Å². The number of fused-ring (bicyclic) bond motifs is 4. The Morgan fingerprint density at radius 1 is 1.06 bits per heavy atom. The van der Waals surface area contributed by atoms with Gasteiger partial charge in [-0.25, -0.2) is 9.78 Å². The van der Waals surface area contributed by atoms with Crippen LogP contribution in [-0.2, 0) is 13.0 Å². The predicted octanol–water partition coefficient (Wildman–Crippen LogP) is 2.41. The van der Waals surface area contributed by atoms with Gasteiger partial charge in [0, 0.05) is 24.1 Å². The fourth-order valence-electron chi connectivity index (χ4n) is 4.65.